The van der Waals surface area contributed by atoms with Crippen LogP contribution in [0.3, 0.4) is 0 Å². The molecule has 0 N–H and O–H groups in total. The summed E-state index contributed by atoms with van der Waals surface area (Å²) in [5.74, 6) is 0. The van der Waals surface area contributed by atoms with Gasteiger partial charge in [0, 0.05) is 6.54 Å². The van der Waals surface area contributed by atoms with Crippen molar-refractivity contribution in [3.8, 4) is 0 Å². The molecule has 2 rings (SSSR count). The zero-order valence-electron chi connectivity index (χ0n) is 12.5. The fraction of sp³-hybridized carbons (Fsp3) is 0.643. The first kappa shape index (κ1) is 16.0. The van der Waals surface area contributed by atoms with Gasteiger partial charge in [0.25, 0.3) is 0 Å². The molecular weight excluding hydrogens is 294 g/mol. The first-order valence-corrected chi connectivity index (χ1v) is 7.29. The number of likely N-dealkylation sites (tertiary alicyclic amines) is 1. The molecule has 0 aliphatic carbocycles. The second-order valence-corrected chi connectivity index (χ2v) is 6.38. The van der Waals surface area contributed by atoms with Crippen molar-refractivity contribution in [2.24, 2.45) is 0 Å². The van der Waals surface area contributed by atoms with Crippen LogP contribution in [0.4, 0.5) is 4.79 Å². The summed E-state index contributed by atoms with van der Waals surface area (Å²) in [7, 11) is 0. The highest BCUT2D eigenvalue weighted by molar-refractivity contribution is 6.29. The van der Waals surface area contributed by atoms with Crippen molar-refractivity contribution in [2.75, 3.05) is 13.1 Å². The zero-order valence-corrected chi connectivity index (χ0v) is 13.3. The molecule has 0 saturated carbocycles. The summed E-state index contributed by atoms with van der Waals surface area (Å²) in [5, 5.41) is 8.05. The maximum atomic E-state index is 11.9. The van der Waals surface area contributed by atoms with Crippen molar-refractivity contribution in [3.63, 3.8) is 0 Å². The van der Waals surface area contributed by atoms with E-state index in [1.165, 1.54) is 0 Å². The van der Waals surface area contributed by atoms with Crippen LogP contribution in [0.25, 0.3) is 0 Å². The summed E-state index contributed by atoms with van der Waals surface area (Å²) in [6.07, 6.45) is 0.496. The fourth-order valence-corrected chi connectivity index (χ4v) is 2.08. The molecule has 0 bridgehead atoms. The van der Waals surface area contributed by atoms with Crippen molar-refractivity contribution >= 4 is 17.7 Å². The molecule has 1 amide bonds. The lowest BCUT2D eigenvalue weighted by atomic mass is 10.2. The second kappa shape index (κ2) is 6.58. The van der Waals surface area contributed by atoms with E-state index in [-0.39, 0.29) is 12.2 Å². The highest BCUT2D eigenvalue weighted by Gasteiger charge is 2.30. The molecule has 21 heavy (non-hydrogen) atoms. The van der Waals surface area contributed by atoms with E-state index in [1.54, 1.807) is 17.0 Å². The molecule has 0 aromatic carbocycles. The molecule has 1 aliphatic heterocycles. The summed E-state index contributed by atoms with van der Waals surface area (Å²) in [4.78, 5) is 13.6. The third kappa shape index (κ3) is 5.13. The van der Waals surface area contributed by atoms with E-state index in [4.69, 9.17) is 21.1 Å². The number of rotatable bonds is 3. The molecule has 0 radical (unpaired) electrons. The largest absolute Gasteiger partial charge is 0.444 e. The monoisotopic (exact) mass is 313 g/mol. The maximum Gasteiger partial charge on any atom is 0.410 e. The highest BCUT2D eigenvalue weighted by atomic mass is 35.5. The van der Waals surface area contributed by atoms with Crippen molar-refractivity contribution in [1.29, 1.82) is 0 Å². The Hall–Kier alpha value is -1.40. The van der Waals surface area contributed by atoms with Gasteiger partial charge in [0.05, 0.1) is 24.9 Å². The van der Waals surface area contributed by atoms with Crippen LogP contribution in [-0.4, -0.2) is 46.0 Å². The van der Waals surface area contributed by atoms with Gasteiger partial charge in [-0.05, 0) is 39.3 Å². The van der Waals surface area contributed by atoms with Gasteiger partial charge in [0.15, 0.2) is 5.15 Å². The Bertz CT molecular complexity index is 487. The molecule has 1 saturated heterocycles. The van der Waals surface area contributed by atoms with Gasteiger partial charge in [0.1, 0.15) is 5.60 Å². The summed E-state index contributed by atoms with van der Waals surface area (Å²) in [5.41, 5.74) is 0.240. The Balaban J connectivity index is 1.77. The van der Waals surface area contributed by atoms with Crippen LogP contribution >= 0.6 is 11.6 Å². The van der Waals surface area contributed by atoms with Crippen molar-refractivity contribution in [2.45, 2.75) is 45.5 Å². The molecule has 116 valence electrons. The summed E-state index contributed by atoms with van der Waals surface area (Å²) >= 11 is 5.67. The second-order valence-electron chi connectivity index (χ2n) is 6.00. The number of carbonyl (C=O) groups is 1. The Kier molecular flexibility index (Phi) is 5.00. The van der Waals surface area contributed by atoms with E-state index in [0.29, 0.717) is 24.8 Å². The molecule has 1 aromatic rings. The zero-order chi connectivity index (χ0) is 15.5. The Morgan fingerprint density at radius 2 is 2.19 bits per heavy atom. The van der Waals surface area contributed by atoms with E-state index >= 15 is 0 Å². The number of amides is 1. The maximum absolute atomic E-state index is 11.9. The summed E-state index contributed by atoms with van der Waals surface area (Å²) in [6.45, 7) is 7.11. The van der Waals surface area contributed by atoms with Crippen LogP contribution in [0.15, 0.2) is 12.1 Å². The molecule has 6 nitrogen and oxygen atoms in total. The van der Waals surface area contributed by atoms with Crippen LogP contribution in [0, 0.1) is 0 Å². The van der Waals surface area contributed by atoms with Gasteiger partial charge in [-0.15, -0.1) is 5.10 Å². The standard InChI is InChI=1S/C14H20ClN3O3/c1-14(2,3)21-13(19)18-7-6-11(8-18)20-9-10-4-5-12(15)17-16-10/h4-5,11H,6-9H2,1-3H3/t11-/m0/s1. The number of aromatic nitrogens is 2. The Morgan fingerprint density at radius 3 is 2.81 bits per heavy atom. The predicted molar refractivity (Wildman–Crippen MR) is 78.0 cm³/mol. The number of carbonyl (C=O) groups excluding carboxylic acids is 1. The fourth-order valence-electron chi connectivity index (χ4n) is 1.98. The van der Waals surface area contributed by atoms with Crippen LogP contribution in [-0.2, 0) is 16.1 Å². The van der Waals surface area contributed by atoms with Crippen molar-refractivity contribution in [3.05, 3.63) is 23.0 Å². The van der Waals surface area contributed by atoms with Gasteiger partial charge in [-0.3, -0.25) is 0 Å². The van der Waals surface area contributed by atoms with Crippen LogP contribution in [0.2, 0.25) is 5.15 Å². The number of hydrogen-bond acceptors (Lipinski definition) is 5. The lowest BCUT2D eigenvalue weighted by molar-refractivity contribution is 0.0179. The Morgan fingerprint density at radius 1 is 1.43 bits per heavy atom. The summed E-state index contributed by atoms with van der Waals surface area (Å²) < 4.78 is 11.1. The van der Waals surface area contributed by atoms with Gasteiger partial charge in [0.2, 0.25) is 0 Å². The molecule has 1 aromatic heterocycles. The number of hydrogen-bond donors (Lipinski definition) is 0. The molecule has 7 heteroatoms. The average molecular weight is 314 g/mol. The van der Waals surface area contributed by atoms with E-state index in [9.17, 15) is 4.79 Å². The summed E-state index contributed by atoms with van der Waals surface area (Å²) in [6, 6.07) is 3.45. The number of nitrogens with zero attached hydrogens (tertiary/aromatic N) is 3. The lowest BCUT2D eigenvalue weighted by Gasteiger charge is -2.24. The first-order valence-electron chi connectivity index (χ1n) is 6.91. The highest BCUT2D eigenvalue weighted by Crippen LogP contribution is 2.18. The van der Waals surface area contributed by atoms with Crippen LogP contribution < -0.4 is 0 Å². The predicted octanol–water partition coefficient (Wildman–Crippen LogP) is 2.66. The Labute approximate surface area is 129 Å². The molecule has 1 fully saturated rings. The quantitative estimate of drug-likeness (QED) is 0.858. The van der Waals surface area contributed by atoms with Crippen molar-refractivity contribution < 1.29 is 14.3 Å². The van der Waals surface area contributed by atoms with E-state index < -0.39 is 5.60 Å². The first-order chi connectivity index (χ1) is 9.83. The molecule has 1 atom stereocenters. The van der Waals surface area contributed by atoms with Gasteiger partial charge in [-0.1, -0.05) is 11.6 Å². The van der Waals surface area contributed by atoms with E-state index in [2.05, 4.69) is 10.2 Å². The molecule has 1 aliphatic rings. The van der Waals surface area contributed by atoms with Gasteiger partial charge < -0.3 is 14.4 Å². The van der Waals surface area contributed by atoms with E-state index in [1.807, 2.05) is 20.8 Å². The topological polar surface area (TPSA) is 64.5 Å². The minimum atomic E-state index is -0.477. The van der Waals surface area contributed by atoms with Gasteiger partial charge in [-0.25, -0.2) is 4.79 Å². The minimum absolute atomic E-state index is 0.00463. The number of ether oxygens (including phenoxy) is 2. The van der Waals surface area contributed by atoms with Crippen LogP contribution in [0.5, 0.6) is 0 Å². The average Bonchev–Trinajstić information content (AvgIpc) is 2.85. The van der Waals surface area contributed by atoms with Crippen LogP contribution in [0.1, 0.15) is 32.9 Å². The van der Waals surface area contributed by atoms with Crippen molar-refractivity contribution in [1.82, 2.24) is 15.1 Å². The third-order valence-corrected chi connectivity index (χ3v) is 3.15. The molecule has 2 heterocycles. The molecular formula is C14H20ClN3O3. The van der Waals surface area contributed by atoms with E-state index in [0.717, 1.165) is 12.1 Å². The molecule has 0 spiro atoms. The van der Waals surface area contributed by atoms with Gasteiger partial charge >= 0.3 is 6.09 Å². The smallest absolute Gasteiger partial charge is 0.410 e. The third-order valence-electron chi connectivity index (χ3n) is 2.95. The SMILES string of the molecule is CC(C)(C)OC(=O)N1CC[C@H](OCc2ccc(Cl)nn2)C1. The number of halogens is 1. The normalized spacial score (nSPS) is 18.9. The molecule has 0 unspecified atom stereocenters. The minimum Gasteiger partial charge on any atom is -0.444 e. The lowest BCUT2D eigenvalue weighted by Crippen LogP contribution is -2.36. The van der Waals surface area contributed by atoms with Gasteiger partial charge in [-0.2, -0.15) is 5.10 Å².